The minimum Gasteiger partial charge on any atom is -0.383 e. The molecular weight excluding hydrogens is 282 g/mol. The standard InChI is InChI=1S/C16H19N3OS/c1-3-6-11(10-20-2)19-15-12-7-4-5-8-13(12)17-9-14(15)18-16(19)21/h4-5,7-9,11H,3,6,10H2,1-2H3,(H,18,21). The molecule has 0 amide bonds. The quantitative estimate of drug-likeness (QED) is 0.717. The number of hydrogen-bond acceptors (Lipinski definition) is 3. The van der Waals surface area contributed by atoms with Gasteiger partial charge in [0.2, 0.25) is 0 Å². The Kier molecular flexibility index (Phi) is 4.03. The van der Waals surface area contributed by atoms with Crippen LogP contribution in [0.3, 0.4) is 0 Å². The number of ether oxygens (including phenoxy) is 1. The number of aromatic amines is 1. The predicted octanol–water partition coefficient (Wildman–Crippen LogP) is 4.23. The Morgan fingerprint density at radius 1 is 1.38 bits per heavy atom. The first-order valence-corrected chi connectivity index (χ1v) is 7.64. The molecule has 1 N–H and O–H groups in total. The fraction of sp³-hybridized carbons (Fsp3) is 0.375. The molecule has 0 saturated heterocycles. The Bertz CT molecular complexity index is 815. The van der Waals surface area contributed by atoms with Gasteiger partial charge < -0.3 is 14.3 Å². The first kappa shape index (κ1) is 14.2. The smallest absolute Gasteiger partial charge is 0.178 e. The first-order chi connectivity index (χ1) is 10.3. The number of rotatable bonds is 5. The third-order valence-electron chi connectivity index (χ3n) is 3.79. The van der Waals surface area contributed by atoms with Crippen molar-refractivity contribution >= 4 is 34.2 Å². The van der Waals surface area contributed by atoms with E-state index in [2.05, 4.69) is 27.5 Å². The molecule has 1 atom stereocenters. The van der Waals surface area contributed by atoms with E-state index < -0.39 is 0 Å². The van der Waals surface area contributed by atoms with Crippen molar-refractivity contribution in [3.05, 3.63) is 35.2 Å². The summed E-state index contributed by atoms with van der Waals surface area (Å²) in [5.74, 6) is 0. The van der Waals surface area contributed by atoms with E-state index in [1.807, 2.05) is 24.4 Å². The second kappa shape index (κ2) is 5.95. The fourth-order valence-electron chi connectivity index (χ4n) is 2.92. The van der Waals surface area contributed by atoms with Crippen LogP contribution < -0.4 is 0 Å². The Morgan fingerprint density at radius 2 is 2.19 bits per heavy atom. The van der Waals surface area contributed by atoms with Gasteiger partial charge in [0, 0.05) is 12.5 Å². The predicted molar refractivity (Wildman–Crippen MR) is 88.2 cm³/mol. The van der Waals surface area contributed by atoms with E-state index in [0.717, 1.165) is 39.5 Å². The molecule has 3 rings (SSSR count). The van der Waals surface area contributed by atoms with Crippen molar-refractivity contribution in [1.82, 2.24) is 14.5 Å². The molecular formula is C16H19N3OS. The van der Waals surface area contributed by atoms with E-state index in [1.165, 1.54) is 0 Å². The molecule has 0 spiro atoms. The lowest BCUT2D eigenvalue weighted by molar-refractivity contribution is 0.151. The Morgan fingerprint density at radius 3 is 2.95 bits per heavy atom. The van der Waals surface area contributed by atoms with E-state index in [9.17, 15) is 0 Å². The summed E-state index contributed by atoms with van der Waals surface area (Å²) in [6.45, 7) is 2.84. The second-order valence-electron chi connectivity index (χ2n) is 5.24. The van der Waals surface area contributed by atoms with Gasteiger partial charge in [0.15, 0.2) is 4.77 Å². The first-order valence-electron chi connectivity index (χ1n) is 7.23. The van der Waals surface area contributed by atoms with Crippen molar-refractivity contribution in [3.8, 4) is 0 Å². The highest BCUT2D eigenvalue weighted by atomic mass is 32.1. The maximum Gasteiger partial charge on any atom is 0.178 e. The van der Waals surface area contributed by atoms with Gasteiger partial charge in [0.1, 0.15) is 0 Å². The molecule has 5 heteroatoms. The number of pyridine rings is 1. The van der Waals surface area contributed by atoms with Crippen molar-refractivity contribution in [2.24, 2.45) is 0 Å². The molecule has 3 aromatic rings. The summed E-state index contributed by atoms with van der Waals surface area (Å²) in [7, 11) is 1.74. The maximum atomic E-state index is 5.54. The zero-order valence-electron chi connectivity index (χ0n) is 12.3. The van der Waals surface area contributed by atoms with E-state index in [-0.39, 0.29) is 6.04 Å². The zero-order chi connectivity index (χ0) is 14.8. The van der Waals surface area contributed by atoms with Crippen molar-refractivity contribution in [3.63, 3.8) is 0 Å². The molecule has 4 nitrogen and oxygen atoms in total. The van der Waals surface area contributed by atoms with Gasteiger partial charge in [-0.2, -0.15) is 0 Å². The molecule has 1 aromatic carbocycles. The van der Waals surface area contributed by atoms with E-state index in [4.69, 9.17) is 17.0 Å². The second-order valence-corrected chi connectivity index (χ2v) is 5.62. The summed E-state index contributed by atoms with van der Waals surface area (Å²) < 4.78 is 8.33. The molecule has 110 valence electrons. The molecule has 2 aromatic heterocycles. The summed E-state index contributed by atoms with van der Waals surface area (Å²) in [5.41, 5.74) is 3.09. The number of hydrogen-bond donors (Lipinski definition) is 1. The largest absolute Gasteiger partial charge is 0.383 e. The van der Waals surface area contributed by atoms with Crippen LogP contribution >= 0.6 is 12.2 Å². The van der Waals surface area contributed by atoms with Crippen LogP contribution in [0.25, 0.3) is 21.9 Å². The third-order valence-corrected chi connectivity index (χ3v) is 4.09. The number of methoxy groups -OCH3 is 1. The lowest BCUT2D eigenvalue weighted by Crippen LogP contribution is -2.14. The van der Waals surface area contributed by atoms with E-state index in [0.29, 0.717) is 6.61 Å². The molecule has 1 unspecified atom stereocenters. The molecule has 0 fully saturated rings. The Balaban J connectivity index is 2.32. The fourth-order valence-corrected chi connectivity index (χ4v) is 3.27. The molecule has 2 heterocycles. The number of fused-ring (bicyclic) bond motifs is 3. The summed E-state index contributed by atoms with van der Waals surface area (Å²) in [6, 6.07) is 8.41. The highest BCUT2D eigenvalue weighted by molar-refractivity contribution is 7.71. The van der Waals surface area contributed by atoms with Gasteiger partial charge in [0.05, 0.1) is 35.4 Å². The van der Waals surface area contributed by atoms with E-state index >= 15 is 0 Å². The van der Waals surface area contributed by atoms with Crippen LogP contribution in [0.1, 0.15) is 25.8 Å². The van der Waals surface area contributed by atoms with Gasteiger partial charge in [0.25, 0.3) is 0 Å². The minimum absolute atomic E-state index is 0.243. The number of H-pyrrole nitrogens is 1. The van der Waals surface area contributed by atoms with Crippen LogP contribution in [0.4, 0.5) is 0 Å². The number of nitrogens with one attached hydrogen (secondary N) is 1. The van der Waals surface area contributed by atoms with Gasteiger partial charge >= 0.3 is 0 Å². The van der Waals surface area contributed by atoms with Gasteiger partial charge in [-0.15, -0.1) is 0 Å². The number of aromatic nitrogens is 3. The van der Waals surface area contributed by atoms with Crippen LogP contribution in [0.2, 0.25) is 0 Å². The molecule has 21 heavy (non-hydrogen) atoms. The lowest BCUT2D eigenvalue weighted by atomic mass is 10.1. The minimum atomic E-state index is 0.243. The molecule has 0 bridgehead atoms. The molecule has 0 aliphatic carbocycles. The third kappa shape index (κ3) is 2.47. The summed E-state index contributed by atoms with van der Waals surface area (Å²) in [6.07, 6.45) is 3.98. The SMILES string of the molecule is CCCC(COC)n1c(=S)[nH]c2cnc3ccccc3c21. The Labute approximate surface area is 128 Å². The lowest BCUT2D eigenvalue weighted by Gasteiger charge is -2.18. The number of imidazole rings is 1. The van der Waals surface area contributed by atoms with Crippen LogP contribution in [0.5, 0.6) is 0 Å². The molecule has 0 radical (unpaired) electrons. The number of nitrogens with zero attached hydrogens (tertiary/aromatic N) is 2. The summed E-state index contributed by atoms with van der Waals surface area (Å²) in [4.78, 5) is 7.77. The van der Waals surface area contributed by atoms with Gasteiger partial charge in [-0.25, -0.2) is 0 Å². The molecule has 0 aliphatic heterocycles. The van der Waals surface area contributed by atoms with Crippen molar-refractivity contribution in [2.75, 3.05) is 13.7 Å². The van der Waals surface area contributed by atoms with Crippen LogP contribution in [0, 0.1) is 4.77 Å². The topological polar surface area (TPSA) is 42.8 Å². The number of para-hydroxylation sites is 1. The average molecular weight is 301 g/mol. The van der Waals surface area contributed by atoms with Crippen molar-refractivity contribution in [2.45, 2.75) is 25.8 Å². The van der Waals surface area contributed by atoms with Gasteiger partial charge in [-0.05, 0) is 24.7 Å². The van der Waals surface area contributed by atoms with Crippen LogP contribution in [-0.4, -0.2) is 28.3 Å². The number of benzene rings is 1. The monoisotopic (exact) mass is 301 g/mol. The normalized spacial score (nSPS) is 13.0. The van der Waals surface area contributed by atoms with Crippen LogP contribution in [0.15, 0.2) is 30.5 Å². The van der Waals surface area contributed by atoms with Gasteiger partial charge in [-0.3, -0.25) is 4.98 Å². The Hall–Kier alpha value is -1.72. The summed E-state index contributed by atoms with van der Waals surface area (Å²) >= 11 is 5.54. The maximum absolute atomic E-state index is 5.54. The van der Waals surface area contributed by atoms with Crippen molar-refractivity contribution < 1.29 is 4.74 Å². The molecule has 0 aliphatic rings. The van der Waals surface area contributed by atoms with Gasteiger partial charge in [-0.1, -0.05) is 31.5 Å². The highest BCUT2D eigenvalue weighted by Crippen LogP contribution is 2.28. The summed E-state index contributed by atoms with van der Waals surface area (Å²) in [5, 5.41) is 1.12. The van der Waals surface area contributed by atoms with Crippen molar-refractivity contribution in [1.29, 1.82) is 0 Å². The van der Waals surface area contributed by atoms with E-state index in [1.54, 1.807) is 7.11 Å². The molecule has 0 saturated carbocycles. The average Bonchev–Trinajstić information content (AvgIpc) is 2.83. The highest BCUT2D eigenvalue weighted by Gasteiger charge is 2.17. The zero-order valence-corrected chi connectivity index (χ0v) is 13.1. The van der Waals surface area contributed by atoms with Crippen LogP contribution in [-0.2, 0) is 4.74 Å².